The van der Waals surface area contributed by atoms with Gasteiger partial charge in [-0.05, 0) is 49.8 Å². The lowest BCUT2D eigenvalue weighted by Gasteiger charge is -2.34. The fraction of sp³-hybridized carbons (Fsp3) is 0.600. The fourth-order valence-corrected chi connectivity index (χ4v) is 2.84. The number of benzene rings is 1. The molecule has 0 atom stereocenters. The van der Waals surface area contributed by atoms with Gasteiger partial charge in [-0.15, -0.1) is 0 Å². The van der Waals surface area contributed by atoms with Crippen molar-refractivity contribution in [2.45, 2.75) is 25.7 Å². The highest BCUT2D eigenvalue weighted by molar-refractivity contribution is 5.58. The molecule has 0 saturated carbocycles. The van der Waals surface area contributed by atoms with Crippen LogP contribution in [0.3, 0.4) is 0 Å². The molecule has 1 heterocycles. The highest BCUT2D eigenvalue weighted by atomic mass is 16.6. The molecule has 1 aliphatic heterocycles. The van der Waals surface area contributed by atoms with Crippen molar-refractivity contribution >= 4 is 11.4 Å². The number of nitro groups is 1. The molecule has 116 valence electrons. The predicted octanol–water partition coefficient (Wildman–Crippen LogP) is 1.69. The molecule has 1 saturated heterocycles. The van der Waals surface area contributed by atoms with E-state index in [1.807, 2.05) is 6.07 Å². The van der Waals surface area contributed by atoms with E-state index in [4.69, 9.17) is 5.73 Å². The van der Waals surface area contributed by atoms with Crippen LogP contribution in [0.25, 0.3) is 0 Å². The minimum absolute atomic E-state index is 0.135. The van der Waals surface area contributed by atoms with Gasteiger partial charge < -0.3 is 15.7 Å². The van der Waals surface area contributed by atoms with Crippen LogP contribution in [0.15, 0.2) is 18.2 Å². The molecule has 21 heavy (non-hydrogen) atoms. The molecule has 3 N–H and O–H groups in total. The van der Waals surface area contributed by atoms with Gasteiger partial charge in [0, 0.05) is 37.5 Å². The Morgan fingerprint density at radius 1 is 1.38 bits per heavy atom. The first-order valence-corrected chi connectivity index (χ1v) is 7.49. The van der Waals surface area contributed by atoms with Crippen molar-refractivity contribution in [2.24, 2.45) is 11.7 Å². The average Bonchev–Trinajstić information content (AvgIpc) is 2.52. The number of hydrogen-bond donors (Lipinski definition) is 2. The molecular formula is C15H23N3O3. The molecular weight excluding hydrogens is 270 g/mol. The van der Waals surface area contributed by atoms with Gasteiger partial charge in [0.2, 0.25) is 0 Å². The monoisotopic (exact) mass is 293 g/mol. The number of nitrogens with two attached hydrogens (primary N) is 1. The van der Waals surface area contributed by atoms with Crippen LogP contribution in [0.1, 0.15) is 24.8 Å². The van der Waals surface area contributed by atoms with Crippen molar-refractivity contribution in [1.82, 2.24) is 0 Å². The van der Waals surface area contributed by atoms with Gasteiger partial charge in [-0.3, -0.25) is 10.1 Å². The second-order valence-corrected chi connectivity index (χ2v) is 5.58. The third-order valence-corrected chi connectivity index (χ3v) is 4.14. The number of nitrogens with zero attached hydrogens (tertiary/aromatic N) is 2. The lowest BCUT2D eigenvalue weighted by molar-refractivity contribution is -0.384. The van der Waals surface area contributed by atoms with Gasteiger partial charge in [0.15, 0.2) is 0 Å². The fourth-order valence-electron chi connectivity index (χ4n) is 2.84. The van der Waals surface area contributed by atoms with E-state index in [-0.39, 0.29) is 17.2 Å². The number of anilines is 1. The van der Waals surface area contributed by atoms with Gasteiger partial charge in [0.25, 0.3) is 5.69 Å². The van der Waals surface area contributed by atoms with E-state index in [9.17, 15) is 15.2 Å². The topological polar surface area (TPSA) is 92.6 Å². The maximum absolute atomic E-state index is 10.9. The lowest BCUT2D eigenvalue weighted by Crippen LogP contribution is -2.35. The molecule has 1 fully saturated rings. The Kier molecular flexibility index (Phi) is 5.52. The minimum Gasteiger partial charge on any atom is -0.396 e. The van der Waals surface area contributed by atoms with Crippen LogP contribution in [-0.4, -0.2) is 36.3 Å². The average molecular weight is 293 g/mol. The number of nitro benzene ring substituents is 1. The molecule has 0 amide bonds. The Morgan fingerprint density at radius 2 is 2.10 bits per heavy atom. The number of aryl methyl sites for hydroxylation is 1. The third kappa shape index (κ3) is 3.92. The number of rotatable bonds is 6. The summed E-state index contributed by atoms with van der Waals surface area (Å²) >= 11 is 0. The highest BCUT2D eigenvalue weighted by Crippen LogP contribution is 2.30. The molecule has 0 bridgehead atoms. The second-order valence-electron chi connectivity index (χ2n) is 5.58. The van der Waals surface area contributed by atoms with Crippen LogP contribution in [0, 0.1) is 16.0 Å². The van der Waals surface area contributed by atoms with Crippen molar-refractivity contribution < 1.29 is 10.0 Å². The zero-order valence-electron chi connectivity index (χ0n) is 12.2. The Bertz CT molecular complexity index is 485. The zero-order valence-corrected chi connectivity index (χ0v) is 12.2. The van der Waals surface area contributed by atoms with Gasteiger partial charge in [-0.1, -0.05) is 0 Å². The van der Waals surface area contributed by atoms with Crippen LogP contribution in [0.4, 0.5) is 11.4 Å². The Labute approximate surface area is 124 Å². The van der Waals surface area contributed by atoms with E-state index < -0.39 is 0 Å². The van der Waals surface area contributed by atoms with Crippen molar-refractivity contribution in [3.8, 4) is 0 Å². The van der Waals surface area contributed by atoms with E-state index in [2.05, 4.69) is 4.90 Å². The summed E-state index contributed by atoms with van der Waals surface area (Å²) in [5, 5.41) is 20.1. The van der Waals surface area contributed by atoms with Gasteiger partial charge in [-0.25, -0.2) is 0 Å². The maximum Gasteiger partial charge on any atom is 0.269 e. The first-order valence-electron chi connectivity index (χ1n) is 7.49. The summed E-state index contributed by atoms with van der Waals surface area (Å²) in [7, 11) is 0. The van der Waals surface area contributed by atoms with Crippen LogP contribution in [-0.2, 0) is 6.42 Å². The molecule has 0 spiro atoms. The van der Waals surface area contributed by atoms with E-state index in [0.717, 1.165) is 50.0 Å². The van der Waals surface area contributed by atoms with Gasteiger partial charge >= 0.3 is 0 Å². The molecule has 6 heteroatoms. The molecule has 1 aromatic carbocycles. The molecule has 0 radical (unpaired) electrons. The standard InChI is InChI=1S/C15H23N3O3/c16-7-1-2-13-10-14(18(20)21)3-4-15(13)17-8-5-12(11-19)6-9-17/h3-4,10,12,19H,1-2,5-9,11,16H2. The summed E-state index contributed by atoms with van der Waals surface area (Å²) in [6, 6.07) is 5.09. The molecule has 1 aromatic rings. The molecule has 0 aliphatic carbocycles. The van der Waals surface area contributed by atoms with E-state index in [0.29, 0.717) is 12.5 Å². The highest BCUT2D eigenvalue weighted by Gasteiger charge is 2.21. The quantitative estimate of drug-likeness (QED) is 0.615. The largest absolute Gasteiger partial charge is 0.396 e. The zero-order chi connectivity index (χ0) is 15.2. The van der Waals surface area contributed by atoms with E-state index in [1.54, 1.807) is 12.1 Å². The molecule has 0 unspecified atom stereocenters. The Hall–Kier alpha value is -1.66. The van der Waals surface area contributed by atoms with E-state index in [1.165, 1.54) is 0 Å². The van der Waals surface area contributed by atoms with E-state index >= 15 is 0 Å². The summed E-state index contributed by atoms with van der Waals surface area (Å²) < 4.78 is 0. The van der Waals surface area contributed by atoms with Gasteiger partial charge in [-0.2, -0.15) is 0 Å². The van der Waals surface area contributed by atoms with Crippen LogP contribution in [0.2, 0.25) is 0 Å². The smallest absolute Gasteiger partial charge is 0.269 e. The summed E-state index contributed by atoms with van der Waals surface area (Å²) in [6.45, 7) is 2.60. The number of aliphatic hydroxyl groups excluding tert-OH is 1. The summed E-state index contributed by atoms with van der Waals surface area (Å²) in [6.07, 6.45) is 3.50. The summed E-state index contributed by atoms with van der Waals surface area (Å²) in [5.41, 5.74) is 7.77. The summed E-state index contributed by atoms with van der Waals surface area (Å²) in [4.78, 5) is 12.8. The number of hydrogen-bond acceptors (Lipinski definition) is 5. The molecule has 2 rings (SSSR count). The van der Waals surface area contributed by atoms with Crippen LogP contribution >= 0.6 is 0 Å². The van der Waals surface area contributed by atoms with Crippen LogP contribution < -0.4 is 10.6 Å². The number of aliphatic hydroxyl groups is 1. The summed E-state index contributed by atoms with van der Waals surface area (Å²) in [5.74, 6) is 0.381. The molecule has 6 nitrogen and oxygen atoms in total. The van der Waals surface area contributed by atoms with Crippen molar-refractivity contribution in [1.29, 1.82) is 0 Å². The van der Waals surface area contributed by atoms with Gasteiger partial charge in [0.1, 0.15) is 0 Å². The number of non-ortho nitro benzene ring substituents is 1. The predicted molar refractivity (Wildman–Crippen MR) is 82.5 cm³/mol. The van der Waals surface area contributed by atoms with Crippen LogP contribution in [0.5, 0.6) is 0 Å². The van der Waals surface area contributed by atoms with Crippen molar-refractivity contribution in [3.63, 3.8) is 0 Å². The first-order chi connectivity index (χ1) is 10.2. The Morgan fingerprint density at radius 3 is 2.67 bits per heavy atom. The van der Waals surface area contributed by atoms with Crippen molar-refractivity contribution in [2.75, 3.05) is 31.1 Å². The number of piperidine rings is 1. The third-order valence-electron chi connectivity index (χ3n) is 4.14. The first kappa shape index (κ1) is 15.7. The normalized spacial score (nSPS) is 16.2. The molecule has 1 aliphatic rings. The minimum atomic E-state index is -0.353. The van der Waals surface area contributed by atoms with Crippen molar-refractivity contribution in [3.05, 3.63) is 33.9 Å². The maximum atomic E-state index is 10.9. The molecule has 0 aromatic heterocycles. The SMILES string of the molecule is NCCCc1cc([N+](=O)[O-])ccc1N1CCC(CO)CC1. The van der Waals surface area contributed by atoms with Gasteiger partial charge in [0.05, 0.1) is 4.92 Å². The Balaban J connectivity index is 2.19. The lowest BCUT2D eigenvalue weighted by atomic mass is 9.96. The second kappa shape index (κ2) is 7.38.